The summed E-state index contributed by atoms with van der Waals surface area (Å²) in [6.07, 6.45) is 1.90. The van der Waals surface area contributed by atoms with E-state index in [2.05, 4.69) is 5.32 Å². The lowest BCUT2D eigenvalue weighted by Gasteiger charge is -2.31. The molecule has 106 valence electrons. The number of piperidine rings is 1. The maximum Gasteiger partial charge on any atom is 0.256 e. The van der Waals surface area contributed by atoms with Gasteiger partial charge in [-0.1, -0.05) is 0 Å². The highest BCUT2D eigenvalue weighted by Gasteiger charge is 2.24. The van der Waals surface area contributed by atoms with E-state index < -0.39 is 17.5 Å². The van der Waals surface area contributed by atoms with Crippen LogP contribution in [0.5, 0.6) is 0 Å². The molecule has 1 saturated heterocycles. The third-order valence-corrected chi connectivity index (χ3v) is 3.30. The molecule has 0 radical (unpaired) electrons. The highest BCUT2D eigenvalue weighted by Crippen LogP contribution is 2.15. The Kier molecular flexibility index (Phi) is 5.69. The van der Waals surface area contributed by atoms with Gasteiger partial charge in [-0.2, -0.15) is 0 Å². The van der Waals surface area contributed by atoms with Crippen molar-refractivity contribution in [2.45, 2.75) is 18.9 Å². The van der Waals surface area contributed by atoms with Gasteiger partial charge in [-0.25, -0.2) is 8.78 Å². The number of halogens is 3. The van der Waals surface area contributed by atoms with Crippen molar-refractivity contribution in [3.63, 3.8) is 0 Å². The maximum absolute atomic E-state index is 13.5. The fourth-order valence-electron chi connectivity index (χ4n) is 2.18. The van der Waals surface area contributed by atoms with Crippen LogP contribution in [0.1, 0.15) is 23.2 Å². The third kappa shape index (κ3) is 3.64. The summed E-state index contributed by atoms with van der Waals surface area (Å²) in [4.78, 5) is 13.6. The van der Waals surface area contributed by atoms with Crippen molar-refractivity contribution in [2.24, 2.45) is 0 Å². The summed E-state index contributed by atoms with van der Waals surface area (Å²) in [5.74, 6) is -1.89. The summed E-state index contributed by atoms with van der Waals surface area (Å²) in [5, 5.41) is 3.20. The molecule has 1 atom stereocenters. The lowest BCUT2D eigenvalue weighted by atomic mass is 10.0. The molecule has 0 bridgehead atoms. The van der Waals surface area contributed by atoms with Crippen LogP contribution in [0.3, 0.4) is 0 Å². The largest absolute Gasteiger partial charge is 0.337 e. The molecule has 2 rings (SSSR count). The molecule has 3 nitrogen and oxygen atoms in total. The van der Waals surface area contributed by atoms with Gasteiger partial charge < -0.3 is 10.2 Å². The molecular formula is C13H17ClF2N2O. The molecule has 1 aromatic carbocycles. The standard InChI is InChI=1S/C13H16F2N2O.ClH/c1-17(10-3-2-6-16-8-10)13(18)11-5-4-9(14)7-12(11)15;/h4-5,7,10,16H,2-3,6,8H2,1H3;1H. The minimum atomic E-state index is -0.810. The molecule has 0 aliphatic carbocycles. The first-order chi connectivity index (χ1) is 8.59. The molecule has 1 aliphatic rings. The molecule has 0 saturated carbocycles. The molecule has 6 heteroatoms. The topological polar surface area (TPSA) is 32.3 Å². The number of carbonyl (C=O) groups excluding carboxylic acids is 1. The van der Waals surface area contributed by atoms with Gasteiger partial charge in [-0.05, 0) is 31.5 Å². The Bertz CT molecular complexity index is 450. The first-order valence-corrected chi connectivity index (χ1v) is 6.02. The first kappa shape index (κ1) is 15.9. The van der Waals surface area contributed by atoms with Gasteiger partial charge in [0.1, 0.15) is 11.6 Å². The van der Waals surface area contributed by atoms with Gasteiger partial charge in [-0.3, -0.25) is 4.79 Å². The summed E-state index contributed by atoms with van der Waals surface area (Å²) < 4.78 is 26.3. The quantitative estimate of drug-likeness (QED) is 0.906. The highest BCUT2D eigenvalue weighted by molar-refractivity contribution is 5.94. The smallest absolute Gasteiger partial charge is 0.256 e. The van der Waals surface area contributed by atoms with Crippen LogP contribution in [0, 0.1) is 11.6 Å². The Hall–Kier alpha value is -1.20. The predicted molar refractivity (Wildman–Crippen MR) is 71.6 cm³/mol. The van der Waals surface area contributed by atoms with Gasteiger partial charge in [0.2, 0.25) is 0 Å². The van der Waals surface area contributed by atoms with E-state index >= 15 is 0 Å². The highest BCUT2D eigenvalue weighted by atomic mass is 35.5. The van der Waals surface area contributed by atoms with Crippen molar-refractivity contribution in [2.75, 3.05) is 20.1 Å². The number of rotatable bonds is 2. The lowest BCUT2D eigenvalue weighted by Crippen LogP contribution is -2.46. The fourth-order valence-corrected chi connectivity index (χ4v) is 2.18. The Balaban J connectivity index is 0.00000180. The zero-order valence-electron chi connectivity index (χ0n) is 10.7. The Morgan fingerprint density at radius 1 is 1.42 bits per heavy atom. The number of carbonyl (C=O) groups is 1. The van der Waals surface area contributed by atoms with Gasteiger partial charge in [0, 0.05) is 25.7 Å². The molecule has 1 fully saturated rings. The summed E-state index contributed by atoms with van der Waals surface area (Å²) in [6.45, 7) is 1.66. The Morgan fingerprint density at radius 3 is 2.74 bits per heavy atom. The molecule has 0 spiro atoms. The molecule has 1 heterocycles. The van der Waals surface area contributed by atoms with Crippen LogP contribution < -0.4 is 5.32 Å². The zero-order valence-corrected chi connectivity index (χ0v) is 11.5. The molecule has 19 heavy (non-hydrogen) atoms. The number of nitrogens with zero attached hydrogens (tertiary/aromatic N) is 1. The third-order valence-electron chi connectivity index (χ3n) is 3.30. The van der Waals surface area contributed by atoms with Crippen molar-refractivity contribution < 1.29 is 13.6 Å². The number of nitrogens with one attached hydrogen (secondary N) is 1. The zero-order chi connectivity index (χ0) is 13.1. The molecule has 0 aromatic heterocycles. The molecule has 1 N–H and O–H groups in total. The second kappa shape index (κ2) is 6.82. The first-order valence-electron chi connectivity index (χ1n) is 6.02. The normalized spacial score (nSPS) is 18.6. The SMILES string of the molecule is CN(C(=O)c1ccc(F)cc1F)C1CCCNC1.Cl. The van der Waals surface area contributed by atoms with E-state index in [0.29, 0.717) is 6.54 Å². The van der Waals surface area contributed by atoms with Crippen LogP contribution in [0.25, 0.3) is 0 Å². The van der Waals surface area contributed by atoms with Gasteiger partial charge in [0.05, 0.1) is 5.56 Å². The number of likely N-dealkylation sites (N-methyl/N-ethyl adjacent to an activating group) is 1. The van der Waals surface area contributed by atoms with Crippen LogP contribution in [0.4, 0.5) is 8.78 Å². The van der Waals surface area contributed by atoms with E-state index in [1.165, 1.54) is 11.0 Å². The molecule has 1 aromatic rings. The van der Waals surface area contributed by atoms with Crippen LogP contribution in [-0.2, 0) is 0 Å². The molecule has 1 unspecified atom stereocenters. The van der Waals surface area contributed by atoms with E-state index in [1.54, 1.807) is 7.05 Å². The minimum absolute atomic E-state index is 0. The molecule has 1 amide bonds. The number of amides is 1. The monoisotopic (exact) mass is 290 g/mol. The van der Waals surface area contributed by atoms with Crippen molar-refractivity contribution in [1.29, 1.82) is 0 Å². The summed E-state index contributed by atoms with van der Waals surface area (Å²) in [7, 11) is 1.66. The van der Waals surface area contributed by atoms with Gasteiger partial charge in [0.15, 0.2) is 0 Å². The van der Waals surface area contributed by atoms with Crippen LogP contribution in [-0.4, -0.2) is 37.0 Å². The fraction of sp³-hybridized carbons (Fsp3) is 0.462. The van der Waals surface area contributed by atoms with Gasteiger partial charge in [-0.15, -0.1) is 12.4 Å². The van der Waals surface area contributed by atoms with Crippen molar-refractivity contribution >= 4 is 18.3 Å². The van der Waals surface area contributed by atoms with Crippen molar-refractivity contribution in [3.05, 3.63) is 35.4 Å². The Labute approximate surface area is 117 Å². The maximum atomic E-state index is 13.5. The van der Waals surface area contributed by atoms with E-state index in [-0.39, 0.29) is 24.0 Å². The second-order valence-corrected chi connectivity index (χ2v) is 4.54. The number of hydrogen-bond donors (Lipinski definition) is 1. The second-order valence-electron chi connectivity index (χ2n) is 4.54. The lowest BCUT2D eigenvalue weighted by molar-refractivity contribution is 0.0703. The van der Waals surface area contributed by atoms with E-state index in [1.807, 2.05) is 0 Å². The summed E-state index contributed by atoms with van der Waals surface area (Å²) >= 11 is 0. The van der Waals surface area contributed by atoms with Crippen molar-refractivity contribution in [1.82, 2.24) is 10.2 Å². The van der Waals surface area contributed by atoms with Crippen molar-refractivity contribution in [3.8, 4) is 0 Å². The minimum Gasteiger partial charge on any atom is -0.337 e. The average Bonchev–Trinajstić information content (AvgIpc) is 2.38. The van der Waals surface area contributed by atoms with E-state index in [4.69, 9.17) is 0 Å². The van der Waals surface area contributed by atoms with Crippen LogP contribution in [0.15, 0.2) is 18.2 Å². The van der Waals surface area contributed by atoms with Crippen LogP contribution >= 0.6 is 12.4 Å². The Morgan fingerprint density at radius 2 is 2.16 bits per heavy atom. The van der Waals surface area contributed by atoms with Crippen LogP contribution in [0.2, 0.25) is 0 Å². The van der Waals surface area contributed by atoms with E-state index in [9.17, 15) is 13.6 Å². The number of hydrogen-bond acceptors (Lipinski definition) is 2. The predicted octanol–water partition coefficient (Wildman–Crippen LogP) is 2.21. The summed E-state index contributed by atoms with van der Waals surface area (Å²) in [6, 6.07) is 3.10. The van der Waals surface area contributed by atoms with E-state index in [0.717, 1.165) is 31.5 Å². The summed E-state index contributed by atoms with van der Waals surface area (Å²) in [5.41, 5.74) is -0.0792. The number of benzene rings is 1. The average molecular weight is 291 g/mol. The van der Waals surface area contributed by atoms with Gasteiger partial charge in [0.25, 0.3) is 5.91 Å². The molecule has 1 aliphatic heterocycles. The molecular weight excluding hydrogens is 274 g/mol. The van der Waals surface area contributed by atoms with Gasteiger partial charge >= 0.3 is 0 Å².